The van der Waals surface area contributed by atoms with Crippen LogP contribution in [0.1, 0.15) is 49.2 Å². The molecule has 5 heterocycles. The fraction of sp³-hybridized carbons (Fsp3) is 0.500. The molecule has 0 saturated carbocycles. The number of anilines is 3. The van der Waals surface area contributed by atoms with Crippen molar-refractivity contribution in [3.63, 3.8) is 0 Å². The third-order valence-corrected chi connectivity index (χ3v) is 7.39. The van der Waals surface area contributed by atoms with Crippen LogP contribution in [0.25, 0.3) is 10.8 Å². The zero-order valence-electron chi connectivity index (χ0n) is 24.6. The molecule has 12 nitrogen and oxygen atoms in total. The van der Waals surface area contributed by atoms with Gasteiger partial charge in [0, 0.05) is 43.6 Å². The molecule has 3 aromatic heterocycles. The molecule has 5 rings (SSSR count). The number of carboxylic acids is 1. The second-order valence-electron chi connectivity index (χ2n) is 11.3. The quantitative estimate of drug-likeness (QED) is 0.251. The first-order chi connectivity index (χ1) is 21.1. The number of pyridine rings is 2. The first kappa shape index (κ1) is 33.6. The number of fused-ring (bicyclic) bond motifs is 1. The molecule has 0 aliphatic carbocycles. The van der Waals surface area contributed by atoms with Crippen molar-refractivity contribution in [2.24, 2.45) is 0 Å². The summed E-state index contributed by atoms with van der Waals surface area (Å²) in [5.41, 5.74) is -0.630. The van der Waals surface area contributed by atoms with Crippen LogP contribution in [0, 0.1) is 0 Å². The molecule has 2 saturated heterocycles. The lowest BCUT2D eigenvalue weighted by Gasteiger charge is -2.38. The van der Waals surface area contributed by atoms with Crippen LogP contribution in [0.4, 0.5) is 39.5 Å². The lowest BCUT2D eigenvalue weighted by Crippen LogP contribution is -2.52. The minimum Gasteiger partial charge on any atom is -0.475 e. The lowest BCUT2D eigenvalue weighted by atomic mass is 9.94. The Morgan fingerprint density at radius 2 is 1.84 bits per heavy atom. The molecular formula is C28H33F5N8O4. The van der Waals surface area contributed by atoms with Crippen molar-refractivity contribution < 1.29 is 41.8 Å². The number of aliphatic carboxylic acids is 1. The van der Waals surface area contributed by atoms with Gasteiger partial charge >= 0.3 is 12.1 Å². The monoisotopic (exact) mass is 640 g/mol. The summed E-state index contributed by atoms with van der Waals surface area (Å²) < 4.78 is 60.5. The van der Waals surface area contributed by atoms with E-state index in [9.17, 15) is 31.9 Å². The van der Waals surface area contributed by atoms with Gasteiger partial charge in [0.05, 0.1) is 18.7 Å². The number of aromatic nitrogens is 4. The van der Waals surface area contributed by atoms with Gasteiger partial charge in [0.15, 0.2) is 5.67 Å². The van der Waals surface area contributed by atoms with Gasteiger partial charge in [-0.25, -0.2) is 23.5 Å². The number of hydrogen-bond acceptors (Lipinski definition) is 10. The second kappa shape index (κ2) is 13.4. The third kappa shape index (κ3) is 8.08. The fourth-order valence-electron chi connectivity index (χ4n) is 4.90. The number of nitrogens with one attached hydrogen (secondary N) is 3. The number of hydrogen-bond donors (Lipinski definition) is 5. The molecule has 0 spiro atoms. The van der Waals surface area contributed by atoms with Crippen molar-refractivity contribution in [1.29, 1.82) is 0 Å². The summed E-state index contributed by atoms with van der Waals surface area (Å²) in [6.45, 7) is 6.44. The second-order valence-corrected chi connectivity index (χ2v) is 11.3. The molecule has 0 aromatic carbocycles. The van der Waals surface area contributed by atoms with Crippen molar-refractivity contribution in [3.8, 4) is 0 Å². The molecule has 4 atom stereocenters. The highest BCUT2D eigenvalue weighted by Crippen LogP contribution is 2.30. The highest BCUT2D eigenvalue weighted by molar-refractivity contribution is 6.06. The van der Waals surface area contributed by atoms with E-state index in [0.717, 1.165) is 10.9 Å². The molecule has 1 amide bonds. The number of aliphatic hydroxyl groups excluding tert-OH is 1. The summed E-state index contributed by atoms with van der Waals surface area (Å²) >= 11 is 0. The van der Waals surface area contributed by atoms with Crippen LogP contribution in [0.15, 0.2) is 30.7 Å². The maximum absolute atomic E-state index is 14.7. The van der Waals surface area contributed by atoms with E-state index in [2.05, 4.69) is 35.9 Å². The minimum atomic E-state index is -5.08. The smallest absolute Gasteiger partial charge is 0.475 e. The Balaban J connectivity index is 0.000000591. The fourth-order valence-corrected chi connectivity index (χ4v) is 4.90. The first-order valence-electron chi connectivity index (χ1n) is 14.0. The molecule has 244 valence electrons. The van der Waals surface area contributed by atoms with E-state index in [1.807, 2.05) is 19.9 Å². The Morgan fingerprint density at radius 3 is 2.44 bits per heavy atom. The van der Waals surface area contributed by atoms with Gasteiger partial charge in [-0.15, -0.1) is 0 Å². The summed E-state index contributed by atoms with van der Waals surface area (Å²) in [7, 11) is 0. The van der Waals surface area contributed by atoms with E-state index in [1.54, 1.807) is 29.6 Å². The summed E-state index contributed by atoms with van der Waals surface area (Å²) in [5, 5.41) is 27.3. The van der Waals surface area contributed by atoms with Gasteiger partial charge in [-0.1, -0.05) is 13.8 Å². The van der Waals surface area contributed by atoms with Crippen molar-refractivity contribution in [2.75, 3.05) is 36.4 Å². The number of piperidine rings is 1. The van der Waals surface area contributed by atoms with Crippen LogP contribution < -0.4 is 20.9 Å². The minimum absolute atomic E-state index is 0.0124. The van der Waals surface area contributed by atoms with Gasteiger partial charge in [0.25, 0.3) is 5.91 Å². The SMILES string of the molecule is CC(C)c1cnc(C(=O)N[C@H]2CNC[C@@H]2F)c2cnc(Nc3ccnc(N4CC[C@@H](O)[C@@](C)(F)C4)n3)cc12.O=C(O)C(F)(F)F. The van der Waals surface area contributed by atoms with Crippen LogP contribution in [0.3, 0.4) is 0 Å². The molecule has 2 fully saturated rings. The van der Waals surface area contributed by atoms with Crippen LogP contribution in [0.2, 0.25) is 0 Å². The van der Waals surface area contributed by atoms with Crippen LogP contribution in [-0.2, 0) is 4.79 Å². The molecule has 5 N–H and O–H groups in total. The number of carboxylic acid groups (broad SMARTS) is 1. The number of rotatable bonds is 6. The number of carbonyl (C=O) groups excluding carboxylic acids is 1. The van der Waals surface area contributed by atoms with E-state index in [0.29, 0.717) is 36.1 Å². The van der Waals surface area contributed by atoms with E-state index < -0.39 is 42.0 Å². The predicted octanol–water partition coefficient (Wildman–Crippen LogP) is 3.26. The third-order valence-electron chi connectivity index (χ3n) is 7.39. The summed E-state index contributed by atoms with van der Waals surface area (Å²) in [5.74, 6) is -1.76. The number of halogens is 5. The standard InChI is InChI=1S/C26H32F2N8O2.C2HF3O2/c1-14(2)16-9-32-23(24(38)33-19-12-29-11-18(19)27)17-10-31-22(8-15(16)17)34-21-4-6-30-25(35-21)36-7-5-20(37)26(3,28)13-36;3-2(4,5)1(6)7/h4,6,8-10,14,18-20,29,37H,5,7,11-13H2,1-3H3,(H,33,38)(H,30,31,34,35);(H,6,7)/t18-,19-,20+,26-;/m0./s1. The van der Waals surface area contributed by atoms with E-state index in [-0.39, 0.29) is 31.1 Å². The number of carbonyl (C=O) groups is 2. The van der Waals surface area contributed by atoms with Crippen molar-refractivity contribution in [2.45, 2.75) is 63.3 Å². The van der Waals surface area contributed by atoms with Crippen molar-refractivity contribution in [1.82, 2.24) is 30.6 Å². The number of amides is 1. The maximum Gasteiger partial charge on any atom is 0.490 e. The molecule has 2 aliphatic rings. The number of nitrogens with zero attached hydrogens (tertiary/aromatic N) is 5. The average molecular weight is 641 g/mol. The van der Waals surface area contributed by atoms with Crippen LogP contribution in [0.5, 0.6) is 0 Å². The molecule has 0 radical (unpaired) electrons. The van der Waals surface area contributed by atoms with Gasteiger partial charge in [0.2, 0.25) is 5.95 Å². The Kier molecular flexibility index (Phi) is 10.0. The van der Waals surface area contributed by atoms with E-state index in [4.69, 9.17) is 9.90 Å². The lowest BCUT2D eigenvalue weighted by molar-refractivity contribution is -0.192. The molecule has 3 aromatic rings. The summed E-state index contributed by atoms with van der Waals surface area (Å²) in [6, 6.07) is 2.90. The van der Waals surface area contributed by atoms with Crippen LogP contribution >= 0.6 is 0 Å². The van der Waals surface area contributed by atoms with Gasteiger partial charge in [0.1, 0.15) is 23.5 Å². The normalized spacial score (nSPS) is 23.4. The van der Waals surface area contributed by atoms with Gasteiger partial charge in [-0.2, -0.15) is 18.2 Å². The Hall–Kier alpha value is -4.25. The van der Waals surface area contributed by atoms with E-state index >= 15 is 0 Å². The van der Waals surface area contributed by atoms with Gasteiger partial charge in [-0.3, -0.25) is 9.78 Å². The maximum atomic E-state index is 14.7. The highest BCUT2D eigenvalue weighted by atomic mass is 19.4. The summed E-state index contributed by atoms with van der Waals surface area (Å²) in [4.78, 5) is 41.3. The topological polar surface area (TPSA) is 165 Å². The molecular weight excluding hydrogens is 607 g/mol. The highest BCUT2D eigenvalue weighted by Gasteiger charge is 2.40. The number of alkyl halides is 5. The largest absolute Gasteiger partial charge is 0.490 e. The van der Waals surface area contributed by atoms with E-state index in [1.165, 1.54) is 6.92 Å². The Labute approximate surface area is 254 Å². The number of aliphatic hydroxyl groups is 1. The zero-order valence-corrected chi connectivity index (χ0v) is 24.6. The van der Waals surface area contributed by atoms with Crippen molar-refractivity contribution >= 4 is 40.2 Å². The molecule has 0 unspecified atom stereocenters. The van der Waals surface area contributed by atoms with Crippen LogP contribution in [-0.4, -0.2) is 98.4 Å². The first-order valence-corrected chi connectivity index (χ1v) is 14.0. The van der Waals surface area contributed by atoms with Gasteiger partial charge in [-0.05, 0) is 42.3 Å². The molecule has 0 bridgehead atoms. The molecule has 17 heteroatoms. The Morgan fingerprint density at radius 1 is 1.13 bits per heavy atom. The molecule has 45 heavy (non-hydrogen) atoms. The molecule has 2 aliphatic heterocycles. The predicted molar refractivity (Wildman–Crippen MR) is 154 cm³/mol. The Bertz CT molecular complexity index is 1540. The van der Waals surface area contributed by atoms with Gasteiger partial charge < -0.3 is 31.1 Å². The van der Waals surface area contributed by atoms with Crippen molar-refractivity contribution in [3.05, 3.63) is 42.0 Å². The zero-order chi connectivity index (χ0) is 33.1. The summed E-state index contributed by atoms with van der Waals surface area (Å²) in [6.07, 6.45) is -2.15. The average Bonchev–Trinajstić information content (AvgIpc) is 3.37.